The second kappa shape index (κ2) is 9.63. The largest absolute Gasteiger partial charge is 0.313 e. The quantitative estimate of drug-likeness (QED) is 0.308. The third kappa shape index (κ3) is 3.28. The molecule has 4 N–H and O–H groups in total. The predicted octanol–water partition coefficient (Wildman–Crippen LogP) is 2.80. The topological polar surface area (TPSA) is 176 Å². The van der Waals surface area contributed by atoms with Crippen LogP contribution in [0, 0.1) is 0 Å². The van der Waals surface area contributed by atoms with Crippen molar-refractivity contribution in [2.24, 2.45) is 31.4 Å². The molecule has 0 radical (unpaired) electrons. The van der Waals surface area contributed by atoms with E-state index in [1.807, 2.05) is 0 Å². The minimum atomic E-state index is -0.901. The Balaban J connectivity index is 2.55. The lowest BCUT2D eigenvalue weighted by molar-refractivity contribution is 0.0594. The van der Waals surface area contributed by atoms with Crippen molar-refractivity contribution in [2.75, 3.05) is 13.3 Å². The van der Waals surface area contributed by atoms with Crippen LogP contribution in [-0.2, 0) is 0 Å². The molecule has 2 aromatic carbocycles. The van der Waals surface area contributed by atoms with Crippen LogP contribution in [0.5, 0.6) is 0 Å². The van der Waals surface area contributed by atoms with Crippen LogP contribution in [0.25, 0.3) is 10.8 Å². The summed E-state index contributed by atoms with van der Waals surface area (Å²) in [4.78, 5) is 71.1. The average molecular weight is 553 g/mol. The molecule has 16 heteroatoms. The fraction of sp³-hybridized carbons (Fsp3) is 0.100. The summed E-state index contributed by atoms with van der Waals surface area (Å²) >= 11 is 19.0. The van der Waals surface area contributed by atoms with Crippen LogP contribution < -0.4 is 11.5 Å². The van der Waals surface area contributed by atoms with Crippen LogP contribution in [0.4, 0.5) is 22.7 Å². The number of benzene rings is 2. The molecule has 176 valence electrons. The average Bonchev–Trinajstić information content (AvgIpc) is 2.84. The van der Waals surface area contributed by atoms with E-state index in [2.05, 4.69) is 40.6 Å². The van der Waals surface area contributed by atoms with Gasteiger partial charge in [-0.2, -0.15) is 20.0 Å². The van der Waals surface area contributed by atoms with Gasteiger partial charge in [0.1, 0.15) is 22.7 Å². The number of hydrogen-bond donors (Lipinski definition) is 2. The number of amides is 4. The summed E-state index contributed by atoms with van der Waals surface area (Å²) in [5, 5.41) is 8.21. The zero-order chi connectivity index (χ0) is 26.3. The maximum Gasteiger partial charge on any atom is 0.264 e. The smallest absolute Gasteiger partial charge is 0.264 e. The predicted molar refractivity (Wildman–Crippen MR) is 142 cm³/mol. The second-order valence-electron chi connectivity index (χ2n) is 6.90. The highest BCUT2D eigenvalue weighted by molar-refractivity contribution is 7.78. The van der Waals surface area contributed by atoms with Gasteiger partial charge in [0.25, 0.3) is 23.6 Å². The Hall–Kier alpha value is -3.90. The normalized spacial score (nSPS) is 13.6. The summed E-state index contributed by atoms with van der Waals surface area (Å²) < 4.78 is 0. The van der Waals surface area contributed by atoms with Crippen molar-refractivity contribution in [1.82, 2.24) is 9.80 Å². The van der Waals surface area contributed by atoms with Gasteiger partial charge in [-0.25, -0.2) is 0 Å². The van der Waals surface area contributed by atoms with Gasteiger partial charge >= 0.3 is 0 Å². The zero-order valence-electron chi connectivity index (χ0n) is 17.5. The van der Waals surface area contributed by atoms with Crippen molar-refractivity contribution in [3.8, 4) is 0 Å². The van der Waals surface area contributed by atoms with E-state index >= 15 is 0 Å². The molecule has 0 spiro atoms. The Bertz CT molecular complexity index is 1440. The zero-order valence-corrected chi connectivity index (χ0v) is 20.8. The summed E-state index contributed by atoms with van der Waals surface area (Å²) in [6.45, 7) is -1.08. The Morgan fingerprint density at radius 1 is 0.528 bits per heavy atom. The van der Waals surface area contributed by atoms with E-state index in [4.69, 9.17) is 60.3 Å². The molecular formula is C20H8N8O4S4. The van der Waals surface area contributed by atoms with Crippen LogP contribution in [0.1, 0.15) is 41.4 Å². The molecule has 2 heterocycles. The fourth-order valence-corrected chi connectivity index (χ4v) is 4.57. The van der Waals surface area contributed by atoms with E-state index in [9.17, 15) is 19.2 Å². The molecule has 2 aromatic rings. The maximum atomic E-state index is 13.5. The molecule has 0 saturated heterocycles. The van der Waals surface area contributed by atoms with E-state index in [0.29, 0.717) is 9.80 Å². The number of imide groups is 2. The number of carbonyl (C=O) groups is 4. The fourth-order valence-electron chi connectivity index (χ4n) is 4.20. The van der Waals surface area contributed by atoms with Gasteiger partial charge in [0.15, 0.2) is 0 Å². The minimum Gasteiger partial charge on any atom is -0.313 e. The van der Waals surface area contributed by atoms with E-state index in [1.165, 1.54) is 0 Å². The van der Waals surface area contributed by atoms with E-state index in [0.717, 1.165) is 0 Å². The highest BCUT2D eigenvalue weighted by atomic mass is 32.1. The van der Waals surface area contributed by atoms with Crippen molar-refractivity contribution < 1.29 is 19.2 Å². The summed E-state index contributed by atoms with van der Waals surface area (Å²) in [6.07, 6.45) is 0. The van der Waals surface area contributed by atoms with Crippen LogP contribution in [0.3, 0.4) is 0 Å². The number of aliphatic imine (C=N–C) groups is 4. The van der Waals surface area contributed by atoms with Crippen LogP contribution >= 0.6 is 48.9 Å². The van der Waals surface area contributed by atoms with Crippen molar-refractivity contribution in [2.45, 2.75) is 0 Å². The highest BCUT2D eigenvalue weighted by Crippen LogP contribution is 2.54. The lowest BCUT2D eigenvalue weighted by Crippen LogP contribution is -2.46. The lowest BCUT2D eigenvalue weighted by atomic mass is 9.82. The van der Waals surface area contributed by atoms with Crippen molar-refractivity contribution in [3.63, 3.8) is 0 Å². The molecule has 2 aliphatic heterocycles. The van der Waals surface area contributed by atoms with Gasteiger partial charge in [0.05, 0.1) is 56.2 Å². The summed E-state index contributed by atoms with van der Waals surface area (Å²) in [7, 11) is 0. The molecule has 4 amide bonds. The first kappa shape index (κ1) is 25.2. The number of rotatable bonds is 6. The van der Waals surface area contributed by atoms with Crippen LogP contribution in [0.15, 0.2) is 20.0 Å². The van der Waals surface area contributed by atoms with Crippen molar-refractivity contribution in [1.29, 1.82) is 0 Å². The molecule has 0 saturated carbocycles. The molecular weight excluding hydrogens is 545 g/mol. The number of nitrogens with two attached hydrogens (primary N) is 2. The second-order valence-corrected chi connectivity index (χ2v) is 7.63. The number of thiocarbonyl (C=S) groups is 4. The first-order chi connectivity index (χ1) is 17.3. The Morgan fingerprint density at radius 3 is 0.917 bits per heavy atom. The lowest BCUT2D eigenvalue weighted by Gasteiger charge is -2.33. The molecule has 4 rings (SSSR count). The van der Waals surface area contributed by atoms with Crippen molar-refractivity contribution >= 4 is 127 Å². The van der Waals surface area contributed by atoms with Crippen molar-refractivity contribution in [3.05, 3.63) is 22.3 Å². The first-order valence-corrected chi connectivity index (χ1v) is 11.1. The molecule has 2 aliphatic rings. The maximum absolute atomic E-state index is 13.5. The SMILES string of the molecule is NCN1C(=O)c2c(N=C=S)c(N=C=S)c3c4c(c(N=C=S)c(N=C=S)c(c24)C1=O)C(=O)N(CN)C3=O. The van der Waals surface area contributed by atoms with Gasteiger partial charge in [-0.3, -0.25) is 29.0 Å². The van der Waals surface area contributed by atoms with Gasteiger partial charge in [0.2, 0.25) is 0 Å². The molecule has 0 fully saturated rings. The molecule has 12 nitrogen and oxygen atoms in total. The van der Waals surface area contributed by atoms with Gasteiger partial charge in [-0.15, -0.1) is 0 Å². The number of hydrogen-bond acceptors (Lipinski definition) is 14. The van der Waals surface area contributed by atoms with Crippen LogP contribution in [0.2, 0.25) is 0 Å². The molecule has 0 aromatic heterocycles. The van der Waals surface area contributed by atoms with Gasteiger partial charge < -0.3 is 11.5 Å². The van der Waals surface area contributed by atoms with E-state index < -0.39 is 37.0 Å². The molecule has 0 unspecified atom stereocenters. The standard InChI is InChI=1S/C20H8N8O4S4/c21-1-27-17(29)9-7-8-11(15(25-5-35)13(9)23-3-33)19(31)28(2-22)20(32)12(8)16(26-6-36)14(24-4-34)10(7)18(27)30/h1-2,21-22H2. The Kier molecular flexibility index (Phi) is 6.74. The van der Waals surface area contributed by atoms with Gasteiger partial charge in [-0.1, -0.05) is 0 Å². The molecule has 0 aliphatic carbocycles. The highest BCUT2D eigenvalue weighted by Gasteiger charge is 2.46. The third-order valence-corrected chi connectivity index (χ3v) is 5.84. The van der Waals surface area contributed by atoms with E-state index in [-0.39, 0.29) is 55.8 Å². The number of isothiocyanates is 4. The van der Waals surface area contributed by atoms with E-state index in [1.54, 1.807) is 0 Å². The van der Waals surface area contributed by atoms with Crippen LogP contribution in [-0.4, -0.2) is 67.4 Å². The molecule has 0 atom stereocenters. The first-order valence-electron chi connectivity index (χ1n) is 9.52. The van der Waals surface area contributed by atoms with Gasteiger partial charge in [-0.05, 0) is 48.9 Å². The number of nitrogens with zero attached hydrogens (tertiary/aromatic N) is 6. The Labute approximate surface area is 222 Å². The third-order valence-electron chi connectivity index (χ3n) is 5.48. The monoisotopic (exact) mass is 552 g/mol. The minimum absolute atomic E-state index is 0.141. The summed E-state index contributed by atoms with van der Waals surface area (Å²) in [6, 6.07) is 0. The number of carbonyl (C=O) groups excluding carboxylic acids is 4. The molecule has 0 bridgehead atoms. The summed E-state index contributed by atoms with van der Waals surface area (Å²) in [5.41, 5.74) is 9.38. The van der Waals surface area contributed by atoms with Gasteiger partial charge in [0, 0.05) is 10.8 Å². The Morgan fingerprint density at radius 2 is 0.750 bits per heavy atom. The molecule has 36 heavy (non-hydrogen) atoms. The summed E-state index contributed by atoms with van der Waals surface area (Å²) in [5.74, 6) is -3.60.